The molecule has 1 aliphatic heterocycles. The van der Waals surface area contributed by atoms with E-state index in [4.69, 9.17) is 9.94 Å². The number of aliphatic carboxylic acids is 1. The van der Waals surface area contributed by atoms with Crippen molar-refractivity contribution in [3.05, 3.63) is 44.3 Å². The highest BCUT2D eigenvalue weighted by Crippen LogP contribution is 2.23. The molecule has 8 heteroatoms. The van der Waals surface area contributed by atoms with E-state index in [1.165, 1.54) is 5.56 Å². The molecule has 1 atom stereocenters. The fourth-order valence-electron chi connectivity index (χ4n) is 2.97. The van der Waals surface area contributed by atoms with Gasteiger partial charge in [0.2, 0.25) is 0 Å². The quantitative estimate of drug-likeness (QED) is 0.420. The van der Waals surface area contributed by atoms with Crippen LogP contribution in [0.15, 0.2) is 34.1 Å². The van der Waals surface area contributed by atoms with Crippen molar-refractivity contribution in [1.82, 2.24) is 4.90 Å². The second-order valence-corrected chi connectivity index (χ2v) is 8.02. The summed E-state index contributed by atoms with van der Waals surface area (Å²) in [5.74, 6) is -0.954. The Morgan fingerprint density at radius 2 is 2.23 bits per heavy atom. The number of piperidine rings is 1. The molecule has 1 saturated heterocycles. The number of hydrogen-bond acceptors (Lipinski definition) is 6. The number of halogens is 1. The SMILES string of the molecule is Cc1ccsc1C(=NOCCN1CCC[C@@H](C(=O)O)C1)c1cccs1.Cl. The van der Waals surface area contributed by atoms with Crippen LogP contribution < -0.4 is 0 Å². The van der Waals surface area contributed by atoms with Crippen molar-refractivity contribution < 1.29 is 14.7 Å². The van der Waals surface area contributed by atoms with Gasteiger partial charge in [0.1, 0.15) is 12.3 Å². The van der Waals surface area contributed by atoms with Gasteiger partial charge in [-0.15, -0.1) is 35.1 Å². The number of rotatable bonds is 7. The third-order valence-electron chi connectivity index (χ3n) is 4.34. The van der Waals surface area contributed by atoms with Gasteiger partial charge in [-0.2, -0.15) is 0 Å². The van der Waals surface area contributed by atoms with Crippen molar-refractivity contribution in [1.29, 1.82) is 0 Å². The van der Waals surface area contributed by atoms with Gasteiger partial charge in [-0.05, 0) is 54.8 Å². The Kier molecular flexibility index (Phi) is 8.09. The summed E-state index contributed by atoms with van der Waals surface area (Å²) < 4.78 is 0. The van der Waals surface area contributed by atoms with Crippen LogP contribution in [-0.2, 0) is 9.63 Å². The number of carboxylic acids is 1. The Balaban J connectivity index is 0.00000243. The van der Waals surface area contributed by atoms with Gasteiger partial charge in [0.25, 0.3) is 0 Å². The number of carboxylic acid groups (broad SMARTS) is 1. The lowest BCUT2D eigenvalue weighted by Crippen LogP contribution is -2.40. The normalized spacial score (nSPS) is 18.3. The van der Waals surface area contributed by atoms with Gasteiger partial charge >= 0.3 is 5.97 Å². The van der Waals surface area contributed by atoms with Crippen molar-refractivity contribution in [2.45, 2.75) is 19.8 Å². The molecule has 5 nitrogen and oxygen atoms in total. The molecule has 26 heavy (non-hydrogen) atoms. The molecule has 2 aromatic rings. The molecular weight excluding hydrogens is 392 g/mol. The van der Waals surface area contributed by atoms with Crippen molar-refractivity contribution >= 4 is 46.8 Å². The van der Waals surface area contributed by atoms with E-state index in [0.29, 0.717) is 19.7 Å². The molecule has 0 bridgehead atoms. The highest BCUT2D eigenvalue weighted by molar-refractivity contribution is 7.16. The zero-order valence-electron chi connectivity index (χ0n) is 14.6. The Bertz CT molecular complexity index is 731. The minimum absolute atomic E-state index is 0. The van der Waals surface area contributed by atoms with Crippen LogP contribution in [0.3, 0.4) is 0 Å². The maximum absolute atomic E-state index is 11.1. The van der Waals surface area contributed by atoms with Crippen LogP contribution in [0.4, 0.5) is 0 Å². The number of thiophene rings is 2. The van der Waals surface area contributed by atoms with Crippen molar-refractivity contribution in [3.8, 4) is 0 Å². The summed E-state index contributed by atoms with van der Waals surface area (Å²) in [7, 11) is 0. The summed E-state index contributed by atoms with van der Waals surface area (Å²) >= 11 is 3.31. The minimum atomic E-state index is -0.697. The van der Waals surface area contributed by atoms with E-state index in [9.17, 15) is 4.79 Å². The number of aryl methyl sites for hydroxylation is 1. The number of hydrogen-bond donors (Lipinski definition) is 1. The Hall–Kier alpha value is -1.41. The topological polar surface area (TPSA) is 62.1 Å². The van der Waals surface area contributed by atoms with E-state index in [0.717, 1.165) is 34.9 Å². The summed E-state index contributed by atoms with van der Waals surface area (Å²) in [6.07, 6.45) is 1.69. The summed E-state index contributed by atoms with van der Waals surface area (Å²) in [6.45, 7) is 4.78. The third kappa shape index (κ3) is 5.30. The third-order valence-corrected chi connectivity index (χ3v) is 6.24. The maximum Gasteiger partial charge on any atom is 0.307 e. The molecule has 0 radical (unpaired) electrons. The molecule has 3 rings (SSSR count). The van der Waals surface area contributed by atoms with E-state index in [2.05, 4.69) is 28.4 Å². The summed E-state index contributed by atoms with van der Waals surface area (Å²) in [4.78, 5) is 21.1. The fourth-order valence-corrected chi connectivity index (χ4v) is 4.66. The number of likely N-dealkylation sites (tertiary alicyclic amines) is 1. The van der Waals surface area contributed by atoms with Crippen molar-refractivity contribution in [2.24, 2.45) is 11.1 Å². The van der Waals surface area contributed by atoms with E-state index in [-0.39, 0.29) is 18.3 Å². The van der Waals surface area contributed by atoms with Gasteiger partial charge in [-0.25, -0.2) is 0 Å². The van der Waals surface area contributed by atoms with Crippen LogP contribution in [0.2, 0.25) is 0 Å². The molecule has 0 aromatic carbocycles. The first-order chi connectivity index (χ1) is 12.1. The van der Waals surface area contributed by atoms with Crippen LogP contribution in [0.5, 0.6) is 0 Å². The van der Waals surface area contributed by atoms with Gasteiger partial charge < -0.3 is 9.94 Å². The molecular formula is C18H23ClN2O3S2. The van der Waals surface area contributed by atoms with Gasteiger partial charge in [0, 0.05) is 13.1 Å². The van der Waals surface area contributed by atoms with Crippen LogP contribution in [-0.4, -0.2) is 47.9 Å². The predicted molar refractivity (Wildman–Crippen MR) is 109 cm³/mol. The van der Waals surface area contributed by atoms with E-state index < -0.39 is 5.97 Å². The molecule has 1 fully saturated rings. The predicted octanol–water partition coefficient (Wildman–Crippen LogP) is 4.11. The molecule has 3 heterocycles. The molecule has 0 saturated carbocycles. The smallest absolute Gasteiger partial charge is 0.307 e. The Morgan fingerprint density at radius 3 is 2.88 bits per heavy atom. The zero-order chi connectivity index (χ0) is 17.6. The molecule has 0 aliphatic carbocycles. The summed E-state index contributed by atoms with van der Waals surface area (Å²) in [5.41, 5.74) is 2.07. The highest BCUT2D eigenvalue weighted by atomic mass is 35.5. The maximum atomic E-state index is 11.1. The Morgan fingerprint density at radius 1 is 1.38 bits per heavy atom. The molecule has 0 spiro atoms. The van der Waals surface area contributed by atoms with Crippen LogP contribution in [0.25, 0.3) is 0 Å². The second kappa shape index (κ2) is 10.1. The van der Waals surface area contributed by atoms with Gasteiger partial charge in [-0.3, -0.25) is 9.69 Å². The zero-order valence-corrected chi connectivity index (χ0v) is 17.0. The van der Waals surface area contributed by atoms with E-state index in [1.807, 2.05) is 17.5 Å². The average molecular weight is 415 g/mol. The number of oxime groups is 1. The molecule has 0 amide bonds. The lowest BCUT2D eigenvalue weighted by atomic mass is 9.98. The Labute approximate surface area is 167 Å². The lowest BCUT2D eigenvalue weighted by molar-refractivity contribution is -0.143. The molecule has 2 aromatic heterocycles. The monoisotopic (exact) mass is 414 g/mol. The highest BCUT2D eigenvalue weighted by Gasteiger charge is 2.25. The van der Waals surface area contributed by atoms with Crippen molar-refractivity contribution in [2.75, 3.05) is 26.2 Å². The van der Waals surface area contributed by atoms with Gasteiger partial charge in [0.15, 0.2) is 0 Å². The number of carbonyl (C=O) groups is 1. The summed E-state index contributed by atoms with van der Waals surface area (Å²) in [5, 5.41) is 17.7. The van der Waals surface area contributed by atoms with Crippen LogP contribution in [0.1, 0.15) is 28.2 Å². The first kappa shape index (κ1) is 20.9. The van der Waals surface area contributed by atoms with Crippen LogP contribution >= 0.6 is 35.1 Å². The standard InChI is InChI=1S/C18H22N2O3S2.ClH/c1-13-6-11-25-17(13)16(15-5-3-10-24-15)19-23-9-8-20-7-2-4-14(12-20)18(21)22;/h3,5-6,10-11,14H,2,4,7-9,12H2,1H3,(H,21,22);1H/t14-;/m1./s1. The van der Waals surface area contributed by atoms with Crippen LogP contribution in [0, 0.1) is 12.8 Å². The lowest BCUT2D eigenvalue weighted by Gasteiger charge is -2.29. The molecule has 1 aliphatic rings. The summed E-state index contributed by atoms with van der Waals surface area (Å²) in [6, 6.07) is 6.15. The number of nitrogens with zero attached hydrogens (tertiary/aromatic N) is 2. The van der Waals surface area contributed by atoms with E-state index in [1.54, 1.807) is 22.7 Å². The van der Waals surface area contributed by atoms with E-state index >= 15 is 0 Å². The average Bonchev–Trinajstić information content (AvgIpc) is 3.27. The first-order valence-corrected chi connectivity index (χ1v) is 10.1. The minimum Gasteiger partial charge on any atom is -0.481 e. The fraction of sp³-hybridized carbons (Fsp3) is 0.444. The largest absolute Gasteiger partial charge is 0.481 e. The molecule has 142 valence electrons. The van der Waals surface area contributed by atoms with Gasteiger partial charge in [-0.1, -0.05) is 11.2 Å². The first-order valence-electron chi connectivity index (χ1n) is 8.38. The van der Waals surface area contributed by atoms with Crippen molar-refractivity contribution in [3.63, 3.8) is 0 Å². The second-order valence-electron chi connectivity index (χ2n) is 6.16. The molecule has 0 unspecified atom stereocenters. The molecule has 1 N–H and O–H groups in total. The van der Waals surface area contributed by atoms with Gasteiger partial charge in [0.05, 0.1) is 15.7 Å².